The smallest absolute Gasteiger partial charge is 0.264 e. The first-order valence-corrected chi connectivity index (χ1v) is 16.9. The minimum absolute atomic E-state index is 0.0338. The molecule has 1 atom stereocenters. The van der Waals surface area contributed by atoms with Gasteiger partial charge >= 0.3 is 0 Å². The van der Waals surface area contributed by atoms with E-state index in [0.717, 1.165) is 28.4 Å². The van der Waals surface area contributed by atoms with Crippen molar-refractivity contribution in [3.63, 3.8) is 0 Å². The van der Waals surface area contributed by atoms with Gasteiger partial charge in [0.1, 0.15) is 30.0 Å². The van der Waals surface area contributed by atoms with Gasteiger partial charge < -0.3 is 15.0 Å². The second-order valence-electron chi connectivity index (χ2n) is 10.9. The molecule has 4 aromatic carbocycles. The standard InChI is InChI=1S/C36H39F2N3O5S/c1-3-5-23-39-36(43)34(24-27-11-7-6-8-12-27)40(25-28-13-9-10-14-33(28)38)35(42)26-41(30-17-15-29(37)16-18-30)47(44,45)32-21-19-31(20-22-32)46-4-2/h6-22,34H,3-5,23-26H2,1-2H3,(H,39,43). The summed E-state index contributed by atoms with van der Waals surface area (Å²) in [5, 5.41) is 2.89. The van der Waals surface area contributed by atoms with Gasteiger partial charge in [0.2, 0.25) is 11.8 Å². The van der Waals surface area contributed by atoms with Crippen LogP contribution >= 0.6 is 0 Å². The molecule has 8 nitrogen and oxygen atoms in total. The van der Waals surface area contributed by atoms with Crippen LogP contribution in [-0.2, 0) is 32.6 Å². The van der Waals surface area contributed by atoms with Gasteiger partial charge in [-0.15, -0.1) is 0 Å². The highest BCUT2D eigenvalue weighted by Crippen LogP contribution is 2.27. The Morgan fingerprint density at radius 1 is 0.851 bits per heavy atom. The highest BCUT2D eigenvalue weighted by molar-refractivity contribution is 7.92. The molecule has 4 aromatic rings. The van der Waals surface area contributed by atoms with Gasteiger partial charge in [-0.1, -0.05) is 61.9 Å². The first-order chi connectivity index (χ1) is 22.6. The number of nitrogens with one attached hydrogen (secondary N) is 1. The number of carbonyl (C=O) groups excluding carboxylic acids is 2. The second-order valence-corrected chi connectivity index (χ2v) is 12.7. The molecule has 0 aliphatic heterocycles. The summed E-state index contributed by atoms with van der Waals surface area (Å²) in [5.74, 6) is -1.91. The van der Waals surface area contributed by atoms with Crippen LogP contribution in [0.15, 0.2) is 108 Å². The molecule has 0 fully saturated rings. The summed E-state index contributed by atoms with van der Waals surface area (Å²) < 4.78 is 63.5. The number of amides is 2. The van der Waals surface area contributed by atoms with Crippen molar-refractivity contribution < 1.29 is 31.5 Å². The van der Waals surface area contributed by atoms with Crippen molar-refractivity contribution in [3.8, 4) is 5.75 Å². The number of unbranched alkanes of at least 4 members (excludes halogenated alkanes) is 1. The van der Waals surface area contributed by atoms with Crippen molar-refractivity contribution in [3.05, 3.63) is 126 Å². The van der Waals surface area contributed by atoms with Crippen LogP contribution < -0.4 is 14.4 Å². The summed E-state index contributed by atoms with van der Waals surface area (Å²) in [7, 11) is -4.40. The summed E-state index contributed by atoms with van der Waals surface area (Å²) in [6, 6.07) is 24.3. The molecule has 1 unspecified atom stereocenters. The molecular formula is C36H39F2N3O5S. The Labute approximate surface area is 275 Å². The maximum absolute atomic E-state index is 15.0. The van der Waals surface area contributed by atoms with E-state index in [-0.39, 0.29) is 29.1 Å². The number of sulfonamides is 1. The van der Waals surface area contributed by atoms with Crippen molar-refractivity contribution >= 4 is 27.5 Å². The van der Waals surface area contributed by atoms with E-state index < -0.39 is 46.1 Å². The van der Waals surface area contributed by atoms with Gasteiger partial charge in [-0.2, -0.15) is 0 Å². The molecule has 0 aliphatic rings. The van der Waals surface area contributed by atoms with Crippen LogP contribution in [0.2, 0.25) is 0 Å². The summed E-state index contributed by atoms with van der Waals surface area (Å²) in [6.07, 6.45) is 1.64. The van der Waals surface area contributed by atoms with Crippen molar-refractivity contribution in [2.45, 2.75) is 50.6 Å². The highest BCUT2D eigenvalue weighted by atomic mass is 32.2. The van der Waals surface area contributed by atoms with E-state index in [1.165, 1.54) is 59.5 Å². The topological polar surface area (TPSA) is 96.0 Å². The first-order valence-electron chi connectivity index (χ1n) is 15.5. The summed E-state index contributed by atoms with van der Waals surface area (Å²) in [6.45, 7) is 3.49. The van der Waals surface area contributed by atoms with Gasteiger partial charge in [0, 0.05) is 25.1 Å². The van der Waals surface area contributed by atoms with E-state index in [1.807, 2.05) is 37.3 Å². The SMILES string of the molecule is CCCCNC(=O)C(Cc1ccccc1)N(Cc1ccccc1F)C(=O)CN(c1ccc(F)cc1)S(=O)(=O)c1ccc(OCC)cc1. The van der Waals surface area contributed by atoms with Crippen molar-refractivity contribution in [2.24, 2.45) is 0 Å². The zero-order chi connectivity index (χ0) is 33.8. The van der Waals surface area contributed by atoms with Crippen LogP contribution in [0.1, 0.15) is 37.8 Å². The summed E-state index contributed by atoms with van der Waals surface area (Å²) >= 11 is 0. The monoisotopic (exact) mass is 663 g/mol. The van der Waals surface area contributed by atoms with E-state index in [1.54, 1.807) is 13.0 Å². The van der Waals surface area contributed by atoms with Gasteiger partial charge in [-0.05, 0) is 73.5 Å². The van der Waals surface area contributed by atoms with E-state index >= 15 is 4.39 Å². The number of carbonyl (C=O) groups is 2. The zero-order valence-corrected chi connectivity index (χ0v) is 27.3. The molecule has 0 aliphatic carbocycles. The van der Waals surface area contributed by atoms with Gasteiger partial charge in [-0.25, -0.2) is 17.2 Å². The molecule has 0 heterocycles. The van der Waals surface area contributed by atoms with E-state index in [9.17, 15) is 22.4 Å². The Kier molecular flexibility index (Phi) is 12.5. The Morgan fingerprint density at radius 2 is 1.51 bits per heavy atom. The van der Waals surface area contributed by atoms with Crippen LogP contribution in [-0.4, -0.2) is 50.9 Å². The van der Waals surface area contributed by atoms with Crippen LogP contribution in [0.3, 0.4) is 0 Å². The van der Waals surface area contributed by atoms with Gasteiger partial charge in [0.05, 0.1) is 17.2 Å². The van der Waals surface area contributed by atoms with Crippen LogP contribution in [0.4, 0.5) is 14.5 Å². The zero-order valence-electron chi connectivity index (χ0n) is 26.4. The lowest BCUT2D eigenvalue weighted by molar-refractivity contribution is -0.140. The van der Waals surface area contributed by atoms with Crippen LogP contribution in [0, 0.1) is 11.6 Å². The molecule has 0 spiro atoms. The third-order valence-electron chi connectivity index (χ3n) is 7.52. The first kappa shape index (κ1) is 35.1. The van der Waals surface area contributed by atoms with Crippen LogP contribution in [0.25, 0.3) is 0 Å². The number of anilines is 1. The Hall–Kier alpha value is -4.77. The Bertz CT molecular complexity index is 1720. The van der Waals surface area contributed by atoms with Crippen molar-refractivity contribution in [1.29, 1.82) is 0 Å². The number of nitrogens with zero attached hydrogens (tertiary/aromatic N) is 2. The predicted octanol–water partition coefficient (Wildman–Crippen LogP) is 6.12. The van der Waals surface area contributed by atoms with Gasteiger partial charge in [-0.3, -0.25) is 13.9 Å². The predicted molar refractivity (Wildman–Crippen MR) is 177 cm³/mol. The molecular weight excluding hydrogens is 624 g/mol. The molecule has 248 valence electrons. The fourth-order valence-corrected chi connectivity index (χ4v) is 6.42. The maximum atomic E-state index is 15.0. The molecule has 2 amide bonds. The van der Waals surface area contributed by atoms with E-state index in [2.05, 4.69) is 5.32 Å². The average Bonchev–Trinajstić information content (AvgIpc) is 3.07. The molecule has 4 rings (SSSR count). The van der Waals surface area contributed by atoms with E-state index in [4.69, 9.17) is 4.74 Å². The maximum Gasteiger partial charge on any atom is 0.264 e. The van der Waals surface area contributed by atoms with Crippen molar-refractivity contribution in [2.75, 3.05) is 24.0 Å². The molecule has 0 radical (unpaired) electrons. The van der Waals surface area contributed by atoms with Gasteiger partial charge in [0.15, 0.2) is 0 Å². The third-order valence-corrected chi connectivity index (χ3v) is 9.30. The lowest BCUT2D eigenvalue weighted by atomic mass is 10.0. The molecule has 0 saturated heterocycles. The molecule has 0 aromatic heterocycles. The number of rotatable bonds is 16. The largest absolute Gasteiger partial charge is 0.494 e. The highest BCUT2D eigenvalue weighted by Gasteiger charge is 2.35. The lowest BCUT2D eigenvalue weighted by Gasteiger charge is -2.34. The van der Waals surface area contributed by atoms with Gasteiger partial charge in [0.25, 0.3) is 10.0 Å². The molecule has 11 heteroatoms. The lowest BCUT2D eigenvalue weighted by Crippen LogP contribution is -2.53. The minimum Gasteiger partial charge on any atom is -0.494 e. The van der Waals surface area contributed by atoms with E-state index in [0.29, 0.717) is 25.3 Å². The number of halogens is 2. The molecule has 0 saturated carbocycles. The third kappa shape index (κ3) is 9.38. The fraction of sp³-hybridized carbons (Fsp3) is 0.278. The number of ether oxygens (including phenoxy) is 1. The fourth-order valence-electron chi connectivity index (χ4n) is 5.01. The Morgan fingerprint density at radius 3 is 2.15 bits per heavy atom. The second kappa shape index (κ2) is 16.7. The normalized spacial score (nSPS) is 11.8. The summed E-state index contributed by atoms with van der Waals surface area (Å²) in [5.41, 5.74) is 0.946. The molecule has 1 N–H and O–H groups in total. The summed E-state index contributed by atoms with van der Waals surface area (Å²) in [4.78, 5) is 29.3. The molecule has 47 heavy (non-hydrogen) atoms. The van der Waals surface area contributed by atoms with Crippen molar-refractivity contribution in [1.82, 2.24) is 10.2 Å². The quantitative estimate of drug-likeness (QED) is 0.146. The van der Waals surface area contributed by atoms with Crippen LogP contribution in [0.5, 0.6) is 5.75 Å². The molecule has 0 bridgehead atoms. The number of hydrogen-bond donors (Lipinski definition) is 1. The minimum atomic E-state index is -4.40. The number of hydrogen-bond acceptors (Lipinski definition) is 5. The Balaban J connectivity index is 1.78. The number of benzene rings is 4. The average molecular weight is 664 g/mol.